The monoisotopic (exact) mass is 384 g/mol. The van der Waals surface area contributed by atoms with Gasteiger partial charge in [0.25, 0.3) is 0 Å². The zero-order chi connectivity index (χ0) is 19.6. The van der Waals surface area contributed by atoms with Crippen molar-refractivity contribution in [1.82, 2.24) is 5.32 Å². The summed E-state index contributed by atoms with van der Waals surface area (Å²) >= 11 is 5.57. The van der Waals surface area contributed by atoms with Crippen LogP contribution < -0.4 is 20.1 Å². The van der Waals surface area contributed by atoms with E-state index in [2.05, 4.69) is 49.6 Å². The number of anilines is 1. The first-order chi connectivity index (χ1) is 12.7. The number of rotatable bonds is 4. The summed E-state index contributed by atoms with van der Waals surface area (Å²) in [6.45, 7) is 10.3. The largest absolute Gasteiger partial charge is 0.491 e. The Morgan fingerprint density at radius 1 is 1.22 bits per heavy atom. The normalized spacial score (nSPS) is 17.6. The summed E-state index contributed by atoms with van der Waals surface area (Å²) in [4.78, 5) is 0. The molecule has 0 saturated carbocycles. The lowest BCUT2D eigenvalue weighted by molar-refractivity contribution is 0.0696. The van der Waals surface area contributed by atoms with E-state index in [0.717, 1.165) is 29.2 Å². The quantitative estimate of drug-likeness (QED) is 0.694. The second-order valence-electron chi connectivity index (χ2n) is 7.95. The third-order valence-electron chi connectivity index (χ3n) is 4.40. The minimum atomic E-state index is -0.251. The predicted molar refractivity (Wildman–Crippen MR) is 115 cm³/mol. The van der Waals surface area contributed by atoms with E-state index in [-0.39, 0.29) is 17.7 Å². The molecule has 0 unspecified atom stereocenters. The lowest BCUT2D eigenvalue weighted by Crippen LogP contribution is -2.42. The van der Waals surface area contributed by atoms with Crippen molar-refractivity contribution in [3.05, 3.63) is 53.6 Å². The molecule has 2 aromatic rings. The highest BCUT2D eigenvalue weighted by atomic mass is 32.1. The Bertz CT molecular complexity index is 833. The van der Waals surface area contributed by atoms with Crippen molar-refractivity contribution in [3.63, 3.8) is 0 Å². The zero-order valence-corrected chi connectivity index (χ0v) is 17.4. The Morgan fingerprint density at radius 3 is 2.74 bits per heavy atom. The van der Waals surface area contributed by atoms with Gasteiger partial charge < -0.3 is 20.1 Å². The van der Waals surface area contributed by atoms with Gasteiger partial charge in [-0.05, 0) is 70.6 Å². The minimum absolute atomic E-state index is 0.0967. The van der Waals surface area contributed by atoms with Crippen molar-refractivity contribution in [2.24, 2.45) is 0 Å². The summed E-state index contributed by atoms with van der Waals surface area (Å²) in [5.74, 6) is 1.75. The van der Waals surface area contributed by atoms with Crippen molar-refractivity contribution < 1.29 is 9.47 Å². The molecule has 4 nitrogen and oxygen atoms in total. The number of hydrogen-bond donors (Lipinski definition) is 2. The Balaban J connectivity index is 1.73. The highest BCUT2D eigenvalue weighted by Gasteiger charge is 2.34. The number of nitrogens with one attached hydrogen (secondary N) is 2. The van der Waals surface area contributed by atoms with E-state index in [1.807, 2.05) is 38.1 Å². The van der Waals surface area contributed by atoms with Crippen LogP contribution in [0.5, 0.6) is 11.5 Å². The van der Waals surface area contributed by atoms with Crippen molar-refractivity contribution in [1.29, 1.82) is 0 Å². The first-order valence-electron chi connectivity index (χ1n) is 9.36. The van der Waals surface area contributed by atoms with Gasteiger partial charge in [0.05, 0.1) is 12.1 Å². The molecule has 0 radical (unpaired) electrons. The van der Waals surface area contributed by atoms with Gasteiger partial charge >= 0.3 is 0 Å². The van der Waals surface area contributed by atoms with Crippen LogP contribution in [0, 0.1) is 6.92 Å². The number of benzene rings is 2. The Morgan fingerprint density at radius 2 is 2.00 bits per heavy atom. The summed E-state index contributed by atoms with van der Waals surface area (Å²) in [6, 6.07) is 14.3. The third-order valence-corrected chi connectivity index (χ3v) is 4.62. The maximum absolute atomic E-state index is 6.16. The fourth-order valence-corrected chi connectivity index (χ4v) is 3.59. The number of aryl methyl sites for hydroxylation is 1. The number of ether oxygens (including phenoxy) is 2. The molecule has 1 atom stereocenters. The van der Waals surface area contributed by atoms with Gasteiger partial charge in [-0.25, -0.2) is 0 Å². The molecule has 1 aliphatic heterocycles. The number of fused-ring (bicyclic) bond motifs is 1. The fourth-order valence-electron chi connectivity index (χ4n) is 3.33. The Labute approximate surface area is 167 Å². The summed E-state index contributed by atoms with van der Waals surface area (Å²) in [6.07, 6.45) is 0.969. The number of hydrogen-bond acceptors (Lipinski definition) is 3. The maximum Gasteiger partial charge on any atom is 0.171 e. The van der Waals surface area contributed by atoms with Gasteiger partial charge in [-0.3, -0.25) is 0 Å². The van der Waals surface area contributed by atoms with Crippen LogP contribution in [0.2, 0.25) is 0 Å². The molecule has 1 heterocycles. The van der Waals surface area contributed by atoms with Crippen molar-refractivity contribution >= 4 is 23.0 Å². The van der Waals surface area contributed by atoms with E-state index >= 15 is 0 Å². The van der Waals surface area contributed by atoms with Crippen LogP contribution in [0.4, 0.5) is 5.69 Å². The smallest absolute Gasteiger partial charge is 0.171 e. The van der Waals surface area contributed by atoms with Gasteiger partial charge in [0.15, 0.2) is 5.11 Å². The molecule has 27 heavy (non-hydrogen) atoms. The maximum atomic E-state index is 6.16. The van der Waals surface area contributed by atoms with Crippen molar-refractivity contribution in [2.45, 2.75) is 58.8 Å². The molecule has 2 N–H and O–H groups in total. The number of thiocarbonyl (C=S) groups is 1. The summed E-state index contributed by atoms with van der Waals surface area (Å²) in [5.41, 5.74) is 2.98. The molecular formula is C22H28N2O2S. The van der Waals surface area contributed by atoms with Crippen LogP contribution in [0.25, 0.3) is 0 Å². The first-order valence-corrected chi connectivity index (χ1v) is 9.76. The average molecular weight is 385 g/mol. The molecule has 0 saturated heterocycles. The van der Waals surface area contributed by atoms with Gasteiger partial charge in [-0.1, -0.05) is 18.2 Å². The standard InChI is InChI=1S/C22H28N2O2S/c1-14(2)25-17-8-6-7-16(12-17)23-21(27)24-19-13-22(4,5)26-20-11-15(3)9-10-18(19)20/h6-12,14,19H,13H2,1-5H3,(H2,23,24,27)/t19-/m0/s1. The van der Waals surface area contributed by atoms with Crippen LogP contribution in [0.1, 0.15) is 51.3 Å². The van der Waals surface area contributed by atoms with E-state index in [1.54, 1.807) is 0 Å². The van der Waals surface area contributed by atoms with Crippen LogP contribution in [-0.4, -0.2) is 16.8 Å². The van der Waals surface area contributed by atoms with Gasteiger partial charge in [0, 0.05) is 23.7 Å². The lowest BCUT2D eigenvalue weighted by Gasteiger charge is -2.38. The topological polar surface area (TPSA) is 42.5 Å². The Kier molecular flexibility index (Phi) is 5.61. The van der Waals surface area contributed by atoms with Gasteiger partial charge in [-0.15, -0.1) is 0 Å². The molecule has 3 rings (SSSR count). The second kappa shape index (κ2) is 7.77. The molecule has 1 aliphatic rings. The van der Waals surface area contributed by atoms with Crippen LogP contribution in [0.15, 0.2) is 42.5 Å². The third kappa shape index (κ3) is 5.13. The molecule has 0 bridgehead atoms. The Hall–Kier alpha value is -2.27. The molecule has 0 spiro atoms. The first kappa shape index (κ1) is 19.5. The average Bonchev–Trinajstić information content (AvgIpc) is 2.52. The van der Waals surface area contributed by atoms with Gasteiger partial charge in [0.1, 0.15) is 17.1 Å². The molecule has 2 aromatic carbocycles. The van der Waals surface area contributed by atoms with Crippen molar-refractivity contribution in [3.8, 4) is 11.5 Å². The molecule has 0 fully saturated rings. The summed E-state index contributed by atoms with van der Waals surface area (Å²) in [5, 5.41) is 7.32. The predicted octanol–water partition coefficient (Wildman–Crippen LogP) is 5.37. The van der Waals surface area contributed by atoms with Crippen LogP contribution in [0.3, 0.4) is 0 Å². The van der Waals surface area contributed by atoms with E-state index in [1.165, 1.54) is 5.56 Å². The highest BCUT2D eigenvalue weighted by Crippen LogP contribution is 2.39. The highest BCUT2D eigenvalue weighted by molar-refractivity contribution is 7.80. The second-order valence-corrected chi connectivity index (χ2v) is 8.36. The molecule has 0 aromatic heterocycles. The minimum Gasteiger partial charge on any atom is -0.491 e. The SMILES string of the molecule is Cc1ccc2c(c1)OC(C)(C)C[C@@H]2NC(=S)Nc1cccc(OC(C)C)c1. The lowest BCUT2D eigenvalue weighted by atomic mass is 9.89. The molecule has 0 aliphatic carbocycles. The fraction of sp³-hybridized carbons (Fsp3) is 0.409. The molecule has 5 heteroatoms. The van der Waals surface area contributed by atoms with Crippen LogP contribution >= 0.6 is 12.2 Å². The van der Waals surface area contributed by atoms with E-state index in [0.29, 0.717) is 5.11 Å². The van der Waals surface area contributed by atoms with E-state index < -0.39 is 0 Å². The molecule has 0 amide bonds. The van der Waals surface area contributed by atoms with Crippen LogP contribution in [-0.2, 0) is 0 Å². The summed E-state index contributed by atoms with van der Waals surface area (Å²) in [7, 11) is 0. The zero-order valence-electron chi connectivity index (χ0n) is 16.6. The van der Waals surface area contributed by atoms with Gasteiger partial charge in [-0.2, -0.15) is 0 Å². The molecule has 144 valence electrons. The van der Waals surface area contributed by atoms with Crippen molar-refractivity contribution in [2.75, 3.05) is 5.32 Å². The summed E-state index contributed by atoms with van der Waals surface area (Å²) < 4.78 is 11.9. The van der Waals surface area contributed by atoms with Gasteiger partial charge in [0.2, 0.25) is 0 Å². The molecular weight excluding hydrogens is 356 g/mol. The van der Waals surface area contributed by atoms with E-state index in [9.17, 15) is 0 Å². The van der Waals surface area contributed by atoms with E-state index in [4.69, 9.17) is 21.7 Å².